The average molecular weight is 402 g/mol. The summed E-state index contributed by atoms with van der Waals surface area (Å²) in [7, 11) is 1.64. The molecule has 2 aromatic carbocycles. The highest BCUT2D eigenvalue weighted by molar-refractivity contribution is 7.99. The Hall–Kier alpha value is -2.44. The number of amides is 1. The number of nitrogens with one attached hydrogen (secondary N) is 1. The van der Waals surface area contributed by atoms with E-state index in [1.807, 2.05) is 48.5 Å². The van der Waals surface area contributed by atoms with Gasteiger partial charge >= 0.3 is 0 Å². The Morgan fingerprint density at radius 2 is 1.89 bits per heavy atom. The zero-order valence-corrected chi connectivity index (χ0v) is 16.5. The molecular formula is C20H20ClN3O2S. The molecule has 1 heterocycles. The average Bonchev–Trinajstić information content (AvgIpc) is 3.10. The van der Waals surface area contributed by atoms with Crippen molar-refractivity contribution in [3.05, 3.63) is 71.4 Å². The minimum absolute atomic E-state index is 0.0335. The van der Waals surface area contributed by atoms with Gasteiger partial charge in [0.15, 0.2) is 0 Å². The Morgan fingerprint density at radius 3 is 2.59 bits per heavy atom. The van der Waals surface area contributed by atoms with Gasteiger partial charge in [-0.2, -0.15) is 5.10 Å². The van der Waals surface area contributed by atoms with E-state index in [0.717, 1.165) is 16.2 Å². The summed E-state index contributed by atoms with van der Waals surface area (Å²) in [5, 5.41) is 7.91. The minimum Gasteiger partial charge on any atom is -0.497 e. The summed E-state index contributed by atoms with van der Waals surface area (Å²) >= 11 is 7.55. The Kier molecular flexibility index (Phi) is 6.79. The quantitative estimate of drug-likeness (QED) is 0.555. The van der Waals surface area contributed by atoms with Crippen molar-refractivity contribution in [1.82, 2.24) is 9.78 Å². The number of rotatable bonds is 8. The maximum atomic E-state index is 12.2. The van der Waals surface area contributed by atoms with Crippen LogP contribution in [0.25, 0.3) is 0 Å². The number of hydrogen-bond donors (Lipinski definition) is 1. The number of nitrogens with zero attached hydrogens (tertiary/aromatic N) is 2. The van der Waals surface area contributed by atoms with Gasteiger partial charge in [-0.05, 0) is 42.0 Å². The predicted molar refractivity (Wildman–Crippen MR) is 110 cm³/mol. The van der Waals surface area contributed by atoms with E-state index < -0.39 is 0 Å². The summed E-state index contributed by atoms with van der Waals surface area (Å²) in [5.41, 5.74) is 1.06. The van der Waals surface area contributed by atoms with E-state index in [2.05, 4.69) is 10.4 Å². The van der Waals surface area contributed by atoms with Gasteiger partial charge in [-0.1, -0.05) is 23.7 Å². The summed E-state index contributed by atoms with van der Waals surface area (Å²) in [6, 6.07) is 17.2. The summed E-state index contributed by atoms with van der Waals surface area (Å²) in [6.07, 6.45) is 2.10. The molecule has 0 aliphatic heterocycles. The van der Waals surface area contributed by atoms with Crippen molar-refractivity contribution < 1.29 is 9.53 Å². The van der Waals surface area contributed by atoms with E-state index in [9.17, 15) is 4.79 Å². The van der Waals surface area contributed by atoms with Crippen LogP contribution in [0.3, 0.4) is 0 Å². The highest BCUT2D eigenvalue weighted by Gasteiger charge is 2.08. The van der Waals surface area contributed by atoms with Crippen LogP contribution in [0.5, 0.6) is 5.75 Å². The van der Waals surface area contributed by atoms with Gasteiger partial charge in [-0.3, -0.25) is 4.79 Å². The van der Waals surface area contributed by atoms with E-state index in [0.29, 0.717) is 29.6 Å². The van der Waals surface area contributed by atoms with Gasteiger partial charge in [0, 0.05) is 28.2 Å². The van der Waals surface area contributed by atoms with Gasteiger partial charge in [0.05, 0.1) is 19.9 Å². The first-order valence-corrected chi connectivity index (χ1v) is 9.83. The molecular weight excluding hydrogens is 382 g/mol. The molecule has 5 nitrogen and oxygen atoms in total. The monoisotopic (exact) mass is 401 g/mol. The fraction of sp³-hybridized carbons (Fsp3) is 0.200. The molecule has 140 valence electrons. The molecule has 0 bridgehead atoms. The fourth-order valence-electron chi connectivity index (χ4n) is 2.47. The standard InChI is InChI=1S/C20H20ClN3O2S/c1-26-17-6-8-18(9-7-17)27-13-11-20(25)23-19-10-12-22-24(19)14-15-2-4-16(21)5-3-15/h2-10,12H,11,13-14H2,1H3,(H,23,25). The van der Waals surface area contributed by atoms with Crippen molar-refractivity contribution in [2.45, 2.75) is 17.9 Å². The Bertz CT molecular complexity index is 879. The lowest BCUT2D eigenvalue weighted by atomic mass is 10.2. The van der Waals surface area contributed by atoms with Crippen molar-refractivity contribution in [2.75, 3.05) is 18.2 Å². The van der Waals surface area contributed by atoms with Crippen LogP contribution in [-0.4, -0.2) is 28.6 Å². The van der Waals surface area contributed by atoms with Crippen molar-refractivity contribution >= 4 is 35.1 Å². The molecule has 0 radical (unpaired) electrons. The molecule has 0 atom stereocenters. The molecule has 3 aromatic rings. The molecule has 0 aliphatic rings. The van der Waals surface area contributed by atoms with Crippen LogP contribution in [0.4, 0.5) is 5.82 Å². The van der Waals surface area contributed by atoms with E-state index in [4.69, 9.17) is 16.3 Å². The van der Waals surface area contributed by atoms with Crippen molar-refractivity contribution in [1.29, 1.82) is 0 Å². The lowest BCUT2D eigenvalue weighted by Crippen LogP contribution is -2.16. The molecule has 1 aromatic heterocycles. The molecule has 0 saturated heterocycles. The molecule has 3 rings (SSSR count). The minimum atomic E-state index is -0.0335. The summed E-state index contributed by atoms with van der Waals surface area (Å²) < 4.78 is 6.90. The number of carbonyl (C=O) groups excluding carboxylic acids is 1. The Balaban J connectivity index is 1.49. The lowest BCUT2D eigenvalue weighted by molar-refractivity contribution is -0.115. The smallest absolute Gasteiger partial charge is 0.226 e. The van der Waals surface area contributed by atoms with Gasteiger partial charge in [0.1, 0.15) is 11.6 Å². The lowest BCUT2D eigenvalue weighted by Gasteiger charge is -2.09. The Labute approximate surface area is 167 Å². The van der Waals surface area contributed by atoms with Gasteiger partial charge in [-0.15, -0.1) is 11.8 Å². The Morgan fingerprint density at radius 1 is 1.15 bits per heavy atom. The van der Waals surface area contributed by atoms with Crippen LogP contribution in [-0.2, 0) is 11.3 Å². The number of benzene rings is 2. The number of ether oxygens (including phenoxy) is 1. The van der Waals surface area contributed by atoms with E-state index in [1.54, 1.807) is 35.8 Å². The number of thioether (sulfide) groups is 1. The first-order chi connectivity index (χ1) is 13.1. The third kappa shape index (κ3) is 5.77. The van der Waals surface area contributed by atoms with Gasteiger partial charge < -0.3 is 10.1 Å². The van der Waals surface area contributed by atoms with Gasteiger partial charge in [-0.25, -0.2) is 4.68 Å². The second-order valence-electron chi connectivity index (χ2n) is 5.82. The second kappa shape index (κ2) is 9.48. The summed E-state index contributed by atoms with van der Waals surface area (Å²) in [6.45, 7) is 0.570. The molecule has 27 heavy (non-hydrogen) atoms. The van der Waals surface area contributed by atoms with Crippen LogP contribution in [0.1, 0.15) is 12.0 Å². The number of methoxy groups -OCH3 is 1. The predicted octanol–water partition coefficient (Wildman–Crippen LogP) is 4.71. The highest BCUT2D eigenvalue weighted by Crippen LogP contribution is 2.22. The summed E-state index contributed by atoms with van der Waals surface area (Å²) in [5.74, 6) is 2.17. The number of hydrogen-bond acceptors (Lipinski definition) is 4. The zero-order chi connectivity index (χ0) is 19.1. The van der Waals surface area contributed by atoms with Crippen LogP contribution >= 0.6 is 23.4 Å². The normalized spacial score (nSPS) is 10.6. The van der Waals surface area contributed by atoms with Crippen molar-refractivity contribution in [3.63, 3.8) is 0 Å². The second-order valence-corrected chi connectivity index (χ2v) is 7.43. The van der Waals surface area contributed by atoms with E-state index in [1.165, 1.54) is 0 Å². The molecule has 1 N–H and O–H groups in total. The number of aromatic nitrogens is 2. The third-order valence-electron chi connectivity index (χ3n) is 3.89. The van der Waals surface area contributed by atoms with Crippen molar-refractivity contribution in [2.24, 2.45) is 0 Å². The number of carbonyl (C=O) groups is 1. The summed E-state index contributed by atoms with van der Waals surface area (Å²) in [4.78, 5) is 13.4. The van der Waals surface area contributed by atoms with Gasteiger partial charge in [0.2, 0.25) is 5.91 Å². The van der Waals surface area contributed by atoms with E-state index >= 15 is 0 Å². The third-order valence-corrected chi connectivity index (χ3v) is 5.15. The molecule has 1 amide bonds. The molecule has 7 heteroatoms. The molecule has 0 aliphatic carbocycles. The van der Waals surface area contributed by atoms with Gasteiger partial charge in [0.25, 0.3) is 0 Å². The van der Waals surface area contributed by atoms with Crippen LogP contribution < -0.4 is 10.1 Å². The molecule has 0 fully saturated rings. The zero-order valence-electron chi connectivity index (χ0n) is 14.9. The maximum Gasteiger partial charge on any atom is 0.226 e. The molecule has 0 spiro atoms. The SMILES string of the molecule is COc1ccc(SCCC(=O)Nc2ccnn2Cc2ccc(Cl)cc2)cc1. The number of halogens is 1. The van der Waals surface area contributed by atoms with Crippen LogP contribution in [0, 0.1) is 0 Å². The van der Waals surface area contributed by atoms with Crippen LogP contribution in [0.15, 0.2) is 65.7 Å². The number of anilines is 1. The first kappa shape index (κ1) is 19.3. The molecule has 0 unspecified atom stereocenters. The topological polar surface area (TPSA) is 56.1 Å². The van der Waals surface area contributed by atoms with Crippen molar-refractivity contribution in [3.8, 4) is 5.75 Å². The first-order valence-electron chi connectivity index (χ1n) is 8.47. The fourth-order valence-corrected chi connectivity index (χ4v) is 3.44. The van der Waals surface area contributed by atoms with Crippen LogP contribution in [0.2, 0.25) is 5.02 Å². The highest BCUT2D eigenvalue weighted by atomic mass is 35.5. The molecule has 0 saturated carbocycles. The largest absolute Gasteiger partial charge is 0.497 e. The maximum absolute atomic E-state index is 12.2. The van der Waals surface area contributed by atoms with E-state index in [-0.39, 0.29) is 5.91 Å².